The van der Waals surface area contributed by atoms with E-state index in [1.807, 2.05) is 6.07 Å². The van der Waals surface area contributed by atoms with Gasteiger partial charge in [0.05, 0.1) is 5.75 Å². The molecule has 13 heavy (non-hydrogen) atoms. The minimum absolute atomic E-state index is 0.769. The standard InChI is InChI=1S/C9H11N3S/c1-2-6-13-7-5-11-9-3-4-10-8-12-9/h1,3-4,8H,5-7H2,(H,10,11,12). The van der Waals surface area contributed by atoms with Gasteiger partial charge in [-0.1, -0.05) is 5.92 Å². The van der Waals surface area contributed by atoms with E-state index in [1.54, 1.807) is 18.0 Å². The van der Waals surface area contributed by atoms with Crippen molar-refractivity contribution < 1.29 is 0 Å². The van der Waals surface area contributed by atoms with Gasteiger partial charge in [0.1, 0.15) is 12.1 Å². The summed E-state index contributed by atoms with van der Waals surface area (Å²) >= 11 is 1.73. The molecule has 0 aliphatic carbocycles. The molecule has 1 rings (SSSR count). The van der Waals surface area contributed by atoms with Crippen LogP contribution in [-0.2, 0) is 0 Å². The Morgan fingerprint density at radius 2 is 2.54 bits per heavy atom. The first-order chi connectivity index (χ1) is 6.43. The van der Waals surface area contributed by atoms with Gasteiger partial charge in [-0.25, -0.2) is 9.97 Å². The first-order valence-electron chi connectivity index (χ1n) is 3.94. The van der Waals surface area contributed by atoms with E-state index >= 15 is 0 Å². The molecular weight excluding hydrogens is 182 g/mol. The molecule has 4 heteroatoms. The van der Waals surface area contributed by atoms with Crippen molar-refractivity contribution in [3.63, 3.8) is 0 Å². The average Bonchev–Trinajstić information content (AvgIpc) is 2.19. The summed E-state index contributed by atoms with van der Waals surface area (Å²) in [5.74, 6) is 5.20. The van der Waals surface area contributed by atoms with Crippen molar-refractivity contribution in [3.05, 3.63) is 18.6 Å². The van der Waals surface area contributed by atoms with Gasteiger partial charge in [-0.2, -0.15) is 0 Å². The van der Waals surface area contributed by atoms with Crippen LogP contribution in [0.15, 0.2) is 18.6 Å². The van der Waals surface area contributed by atoms with Crippen LogP contribution in [-0.4, -0.2) is 28.0 Å². The van der Waals surface area contributed by atoms with Crippen LogP contribution in [0.3, 0.4) is 0 Å². The van der Waals surface area contributed by atoms with Crippen LogP contribution >= 0.6 is 11.8 Å². The normalized spacial score (nSPS) is 9.15. The van der Waals surface area contributed by atoms with Gasteiger partial charge in [0.2, 0.25) is 0 Å². The summed E-state index contributed by atoms with van der Waals surface area (Å²) in [4.78, 5) is 7.84. The molecular formula is C9H11N3S. The summed E-state index contributed by atoms with van der Waals surface area (Å²) in [7, 11) is 0. The zero-order chi connectivity index (χ0) is 9.36. The van der Waals surface area contributed by atoms with Crippen LogP contribution in [0, 0.1) is 12.3 Å². The Morgan fingerprint density at radius 3 is 3.23 bits per heavy atom. The molecule has 1 aromatic heterocycles. The summed E-state index contributed by atoms with van der Waals surface area (Å²) in [5, 5.41) is 3.16. The van der Waals surface area contributed by atoms with E-state index in [2.05, 4.69) is 21.2 Å². The maximum absolute atomic E-state index is 5.11. The van der Waals surface area contributed by atoms with Crippen LogP contribution in [0.1, 0.15) is 0 Å². The summed E-state index contributed by atoms with van der Waals surface area (Å²) in [6, 6.07) is 1.84. The number of hydrogen-bond donors (Lipinski definition) is 1. The molecule has 0 saturated carbocycles. The van der Waals surface area contributed by atoms with Crippen LogP contribution in [0.25, 0.3) is 0 Å². The highest BCUT2D eigenvalue weighted by Crippen LogP contribution is 2.00. The molecule has 0 spiro atoms. The van der Waals surface area contributed by atoms with Gasteiger partial charge < -0.3 is 5.32 Å². The second-order valence-electron chi connectivity index (χ2n) is 2.28. The summed E-state index contributed by atoms with van der Waals surface area (Å²) < 4.78 is 0. The molecule has 0 radical (unpaired) electrons. The number of nitrogens with one attached hydrogen (secondary N) is 1. The monoisotopic (exact) mass is 193 g/mol. The Kier molecular flexibility index (Phi) is 4.80. The quantitative estimate of drug-likeness (QED) is 0.564. The summed E-state index contributed by atoms with van der Waals surface area (Å²) in [6.07, 6.45) is 8.35. The van der Waals surface area contributed by atoms with Crippen LogP contribution in [0.5, 0.6) is 0 Å². The van der Waals surface area contributed by atoms with E-state index in [4.69, 9.17) is 6.42 Å². The number of thioether (sulfide) groups is 1. The Morgan fingerprint density at radius 1 is 1.62 bits per heavy atom. The third-order valence-electron chi connectivity index (χ3n) is 1.32. The number of anilines is 1. The van der Waals surface area contributed by atoms with Crippen molar-refractivity contribution in [1.29, 1.82) is 0 Å². The van der Waals surface area contributed by atoms with Crippen molar-refractivity contribution in [2.45, 2.75) is 0 Å². The Balaban J connectivity index is 2.11. The first kappa shape index (κ1) is 9.87. The molecule has 0 unspecified atom stereocenters. The fourth-order valence-electron chi connectivity index (χ4n) is 0.778. The molecule has 1 heterocycles. The van der Waals surface area contributed by atoms with Crippen molar-refractivity contribution in [1.82, 2.24) is 9.97 Å². The SMILES string of the molecule is C#CCSCCNc1ccncn1. The number of terminal acetylenes is 1. The fourth-order valence-corrected chi connectivity index (χ4v) is 1.29. The lowest BCUT2D eigenvalue weighted by Gasteiger charge is -2.02. The van der Waals surface area contributed by atoms with Gasteiger partial charge in [-0.3, -0.25) is 0 Å². The zero-order valence-corrected chi connectivity index (χ0v) is 8.05. The molecule has 0 aromatic carbocycles. The fraction of sp³-hybridized carbons (Fsp3) is 0.333. The van der Waals surface area contributed by atoms with Crippen LogP contribution < -0.4 is 5.32 Å². The largest absolute Gasteiger partial charge is 0.369 e. The predicted octanol–water partition coefficient (Wildman–Crippen LogP) is 1.25. The van der Waals surface area contributed by atoms with Crippen molar-refractivity contribution in [3.8, 4) is 12.3 Å². The highest BCUT2D eigenvalue weighted by Gasteiger charge is 1.90. The second kappa shape index (κ2) is 6.32. The molecule has 0 atom stereocenters. The van der Waals surface area contributed by atoms with Gasteiger partial charge in [0.15, 0.2) is 0 Å². The van der Waals surface area contributed by atoms with Gasteiger partial charge in [0.25, 0.3) is 0 Å². The molecule has 0 aliphatic heterocycles. The van der Waals surface area contributed by atoms with Gasteiger partial charge >= 0.3 is 0 Å². The number of nitrogens with zero attached hydrogens (tertiary/aromatic N) is 2. The van der Waals surface area contributed by atoms with E-state index in [-0.39, 0.29) is 0 Å². The van der Waals surface area contributed by atoms with Crippen LogP contribution in [0.2, 0.25) is 0 Å². The Labute approximate surface area is 82.4 Å². The highest BCUT2D eigenvalue weighted by molar-refractivity contribution is 7.99. The lowest BCUT2D eigenvalue weighted by Crippen LogP contribution is -2.05. The molecule has 0 saturated heterocycles. The minimum Gasteiger partial charge on any atom is -0.369 e. The summed E-state index contributed by atoms with van der Waals surface area (Å²) in [6.45, 7) is 0.878. The second-order valence-corrected chi connectivity index (χ2v) is 3.38. The smallest absolute Gasteiger partial charge is 0.129 e. The first-order valence-corrected chi connectivity index (χ1v) is 5.10. The zero-order valence-electron chi connectivity index (χ0n) is 7.23. The van der Waals surface area contributed by atoms with Crippen molar-refractivity contribution >= 4 is 17.6 Å². The predicted molar refractivity (Wildman–Crippen MR) is 56.7 cm³/mol. The Hall–Kier alpha value is -1.21. The van der Waals surface area contributed by atoms with Gasteiger partial charge in [-0.15, -0.1) is 18.2 Å². The molecule has 3 nitrogen and oxygen atoms in total. The van der Waals surface area contributed by atoms with Crippen LogP contribution in [0.4, 0.5) is 5.82 Å². The number of hydrogen-bond acceptors (Lipinski definition) is 4. The van der Waals surface area contributed by atoms with E-state index in [0.717, 1.165) is 23.9 Å². The lowest BCUT2D eigenvalue weighted by molar-refractivity contribution is 1.12. The molecule has 0 amide bonds. The average molecular weight is 193 g/mol. The van der Waals surface area contributed by atoms with E-state index in [0.29, 0.717) is 0 Å². The molecule has 0 fully saturated rings. The lowest BCUT2D eigenvalue weighted by atomic mass is 10.6. The van der Waals surface area contributed by atoms with Gasteiger partial charge in [-0.05, 0) is 6.07 Å². The maximum atomic E-state index is 5.11. The highest BCUT2D eigenvalue weighted by atomic mass is 32.2. The number of rotatable bonds is 5. The summed E-state index contributed by atoms with van der Waals surface area (Å²) in [5.41, 5.74) is 0. The third kappa shape index (κ3) is 4.38. The van der Waals surface area contributed by atoms with E-state index in [1.165, 1.54) is 6.33 Å². The maximum Gasteiger partial charge on any atom is 0.129 e. The molecule has 0 bridgehead atoms. The van der Waals surface area contributed by atoms with Gasteiger partial charge in [0, 0.05) is 18.5 Å². The van der Waals surface area contributed by atoms with Crippen molar-refractivity contribution in [2.24, 2.45) is 0 Å². The van der Waals surface area contributed by atoms with E-state index in [9.17, 15) is 0 Å². The molecule has 1 N–H and O–H groups in total. The van der Waals surface area contributed by atoms with Crippen molar-refractivity contribution in [2.75, 3.05) is 23.4 Å². The molecule has 68 valence electrons. The molecule has 0 aliphatic rings. The number of aromatic nitrogens is 2. The Bertz CT molecular complexity index is 268. The van der Waals surface area contributed by atoms with E-state index < -0.39 is 0 Å². The molecule has 1 aromatic rings. The third-order valence-corrected chi connectivity index (χ3v) is 2.18. The minimum atomic E-state index is 0.769. The topological polar surface area (TPSA) is 37.8 Å².